The summed E-state index contributed by atoms with van der Waals surface area (Å²) in [6.45, 7) is 18.1. The monoisotopic (exact) mass is 1330 g/mol. The molecule has 11 aromatic rings. The van der Waals surface area contributed by atoms with Crippen molar-refractivity contribution in [2.45, 2.75) is 66.5 Å². The first-order valence-electron chi connectivity index (χ1n) is 32.8. The third kappa shape index (κ3) is 12.9. The van der Waals surface area contributed by atoms with Crippen molar-refractivity contribution in [2.75, 3.05) is 26.2 Å². The molecular formula is C82H70N6O12. The van der Waals surface area contributed by atoms with Gasteiger partial charge in [0, 0.05) is 93.3 Å². The van der Waals surface area contributed by atoms with Gasteiger partial charge in [0.25, 0.3) is 23.6 Å². The molecule has 0 saturated heterocycles. The lowest BCUT2D eigenvalue weighted by molar-refractivity contribution is -0.125. The van der Waals surface area contributed by atoms with Gasteiger partial charge in [0.15, 0.2) is 0 Å². The van der Waals surface area contributed by atoms with Gasteiger partial charge in [0.2, 0.25) is 23.6 Å². The normalized spacial score (nSPS) is 13.1. The number of imide groups is 2. The van der Waals surface area contributed by atoms with E-state index in [1.165, 1.54) is 0 Å². The van der Waals surface area contributed by atoms with E-state index in [2.05, 4.69) is 34.4 Å². The highest BCUT2D eigenvalue weighted by molar-refractivity contribution is 6.45. The second kappa shape index (κ2) is 27.6. The third-order valence-corrected chi connectivity index (χ3v) is 17.9. The van der Waals surface area contributed by atoms with Crippen molar-refractivity contribution in [1.29, 1.82) is 0 Å². The van der Waals surface area contributed by atoms with Crippen LogP contribution in [-0.4, -0.2) is 95.3 Å². The molecule has 2 unspecified atom stereocenters. The molecular weight excluding hydrogens is 1260 g/mol. The fourth-order valence-electron chi connectivity index (χ4n) is 12.9. The van der Waals surface area contributed by atoms with E-state index in [9.17, 15) is 9.59 Å². The van der Waals surface area contributed by atoms with Crippen molar-refractivity contribution >= 4 is 90.3 Å². The van der Waals surface area contributed by atoms with Crippen molar-refractivity contribution in [1.82, 2.24) is 31.1 Å². The van der Waals surface area contributed by atoms with Gasteiger partial charge in [-0.1, -0.05) is 145 Å². The Balaban J connectivity index is 1.14. The summed E-state index contributed by atoms with van der Waals surface area (Å²) in [6, 6.07) is 50.3. The van der Waals surface area contributed by atoms with Crippen molar-refractivity contribution in [3.05, 3.63) is 262 Å². The van der Waals surface area contributed by atoms with Gasteiger partial charge in [0.1, 0.15) is 58.1 Å². The van der Waals surface area contributed by atoms with Crippen molar-refractivity contribution in [3.8, 4) is 46.0 Å². The fraction of sp³-hybridized carbons (Fsp3) is 0.171. The summed E-state index contributed by atoms with van der Waals surface area (Å²) in [7, 11) is 0. The van der Waals surface area contributed by atoms with E-state index in [4.69, 9.17) is 18.9 Å². The summed E-state index contributed by atoms with van der Waals surface area (Å²) in [5, 5.41) is 13.0. The molecule has 0 radical (unpaired) electrons. The number of ether oxygens (including phenoxy) is 4. The van der Waals surface area contributed by atoms with E-state index in [0.717, 1.165) is 32.1 Å². The molecule has 18 heteroatoms. The van der Waals surface area contributed by atoms with Crippen LogP contribution in [0.4, 0.5) is 0 Å². The predicted molar refractivity (Wildman–Crippen MR) is 383 cm³/mol. The summed E-state index contributed by atoms with van der Waals surface area (Å²) in [5.74, 6) is -3.99. The van der Waals surface area contributed by atoms with Gasteiger partial charge in [-0.25, -0.2) is 0 Å². The van der Waals surface area contributed by atoms with Gasteiger partial charge in [-0.05, 0) is 125 Å². The third-order valence-electron chi connectivity index (χ3n) is 17.9. The number of fused-ring (bicyclic) bond motifs is 2. The van der Waals surface area contributed by atoms with E-state index < -0.39 is 59.3 Å². The number of aryl methyl sites for hydroxylation is 4. The Morgan fingerprint density at radius 2 is 0.600 bits per heavy atom. The molecule has 2 aliphatic rings. The highest BCUT2D eigenvalue weighted by Gasteiger charge is 2.46. The van der Waals surface area contributed by atoms with Gasteiger partial charge in [-0.3, -0.25) is 48.2 Å². The van der Waals surface area contributed by atoms with Crippen LogP contribution < -0.4 is 40.2 Å². The van der Waals surface area contributed by atoms with Gasteiger partial charge in [0.05, 0.1) is 22.3 Å². The molecule has 13 rings (SSSR count). The molecule has 100 heavy (non-hydrogen) atoms. The van der Waals surface area contributed by atoms with E-state index in [1.54, 1.807) is 135 Å². The van der Waals surface area contributed by atoms with E-state index in [-0.39, 0.29) is 139 Å². The van der Waals surface area contributed by atoms with Crippen LogP contribution in [0.3, 0.4) is 0 Å². The Morgan fingerprint density at radius 1 is 0.350 bits per heavy atom. The molecule has 2 heterocycles. The summed E-state index contributed by atoms with van der Waals surface area (Å²) in [5.41, 5.74) is 5.35. The zero-order chi connectivity index (χ0) is 70.2. The van der Waals surface area contributed by atoms with E-state index >= 15 is 28.8 Å². The number of rotatable bonds is 24. The average Bonchev–Trinajstić information content (AvgIpc) is 0.672. The summed E-state index contributed by atoms with van der Waals surface area (Å²) in [6.07, 6.45) is -0.226. The average molecular weight is 1330 g/mol. The highest BCUT2D eigenvalue weighted by Crippen LogP contribution is 2.58. The maximum Gasteiger partial charge on any atom is 0.262 e. The number of nitrogens with one attached hydrogen (secondary N) is 4. The molecule has 2 atom stereocenters. The Kier molecular flexibility index (Phi) is 18.3. The summed E-state index contributed by atoms with van der Waals surface area (Å²) >= 11 is 0. The number of carbonyl (C=O) groups excluding carboxylic acids is 8. The first-order chi connectivity index (χ1) is 48.2. The number of carbonyl (C=O) groups is 8. The molecule has 500 valence electrons. The number of nitrogens with zero attached hydrogens (tertiary/aromatic N) is 2. The minimum absolute atomic E-state index is 0.0130. The lowest BCUT2D eigenvalue weighted by Crippen LogP contribution is -2.55. The molecule has 0 saturated carbocycles. The Hall–Kier alpha value is -12.4. The molecule has 8 amide bonds. The second-order valence-corrected chi connectivity index (χ2v) is 25.4. The van der Waals surface area contributed by atoms with Crippen LogP contribution in [0.15, 0.2) is 206 Å². The zero-order valence-corrected chi connectivity index (χ0v) is 55.9. The zero-order valence-electron chi connectivity index (χ0n) is 55.9. The van der Waals surface area contributed by atoms with Gasteiger partial charge < -0.3 is 40.2 Å². The fourth-order valence-corrected chi connectivity index (χ4v) is 12.9. The van der Waals surface area contributed by atoms with E-state index in [0.29, 0.717) is 34.1 Å². The number of hydrogen-bond donors (Lipinski definition) is 4. The first kappa shape index (κ1) is 66.2. The topological polar surface area (TPSA) is 228 Å². The maximum absolute atomic E-state index is 16.3. The van der Waals surface area contributed by atoms with Crippen LogP contribution in [0, 0.1) is 27.7 Å². The molecule has 0 fully saturated rings. The minimum Gasteiger partial charge on any atom is -0.457 e. The van der Waals surface area contributed by atoms with Crippen LogP contribution in [0.1, 0.15) is 88.7 Å². The van der Waals surface area contributed by atoms with Gasteiger partial charge in [-0.2, -0.15) is 0 Å². The molecule has 0 aliphatic carbocycles. The van der Waals surface area contributed by atoms with Gasteiger partial charge in [-0.15, -0.1) is 0 Å². The smallest absolute Gasteiger partial charge is 0.262 e. The molecule has 4 N–H and O–H groups in total. The van der Waals surface area contributed by atoms with Crippen LogP contribution >= 0.6 is 0 Å². The van der Waals surface area contributed by atoms with Crippen LogP contribution in [-0.2, 0) is 32.0 Å². The van der Waals surface area contributed by atoms with Crippen molar-refractivity contribution in [3.63, 3.8) is 0 Å². The van der Waals surface area contributed by atoms with Crippen molar-refractivity contribution in [2.24, 2.45) is 0 Å². The van der Waals surface area contributed by atoms with Crippen LogP contribution in [0.25, 0.3) is 43.1 Å². The minimum atomic E-state index is -1.47. The molecule has 0 spiro atoms. The quantitative estimate of drug-likeness (QED) is 0.0146. The molecule has 2 aliphatic heterocycles. The Labute approximate surface area is 576 Å². The summed E-state index contributed by atoms with van der Waals surface area (Å²) in [4.78, 5) is 122. The maximum atomic E-state index is 16.3. The molecule has 11 aromatic carbocycles. The number of hydrogen-bond acceptors (Lipinski definition) is 12. The lowest BCUT2D eigenvalue weighted by atomic mass is 9.80. The number of amides is 8. The second-order valence-electron chi connectivity index (χ2n) is 25.4. The van der Waals surface area contributed by atoms with Crippen molar-refractivity contribution < 1.29 is 57.3 Å². The van der Waals surface area contributed by atoms with Crippen LogP contribution in [0.5, 0.6) is 46.0 Å². The first-order valence-corrected chi connectivity index (χ1v) is 32.8. The summed E-state index contributed by atoms with van der Waals surface area (Å²) < 4.78 is 28.7. The highest BCUT2D eigenvalue weighted by atomic mass is 16.5. The Bertz CT molecular complexity index is 4620. The number of benzene rings is 11. The Morgan fingerprint density at radius 3 is 0.850 bits per heavy atom. The molecule has 0 aromatic heterocycles. The standard InChI is InChI=1S/C82H70N6O12/c1-45(2)75(89)83-35-37-85-77(91)61(39-51-15-11-9-12-16-51)87-79(93)57-41-63(97-53-27-19-47(5)20-28-53)69-71-65(99-55-31-23-49(7)24-32-55)43-59-68-60(82(96)88(81(59)95)62(40-52-17-13-10-14-18-52)78(92)86-38-36-84-76(90)46(3)4)44-66(100-56-33-25-50(8)26-34-56)72(74(68)71)70-64(98-54-29-21-48(6)22-30-54)42-58(80(87)94)67(57)73(69)70/h9-34,41-44,61-62H,1,3,35-40H2,2,4-8H3,(H,83,89)(H,84,90)(H,85,91)(H,86,92). The van der Waals surface area contributed by atoms with E-state index in [1.807, 2.05) is 88.4 Å². The lowest BCUT2D eigenvalue weighted by Gasteiger charge is -2.36. The van der Waals surface area contributed by atoms with Crippen LogP contribution in [0.2, 0.25) is 0 Å². The SMILES string of the molecule is C=C(C)C(=O)NCCNC(=O)C(Cc1ccccc1)N1C(=O)c2cc(Oc3ccc(C)cc3)c3c4c(Oc5ccc(C)cc5)cc5c6c(cc(Oc7ccc(C)cc7)c(c7c(Oc8ccc(C)cc8)cc(c2c37)C1=O)c64)C(=O)N(C(Cc1ccccc1)C(=O)NCCNC(=O)C(=C)C)C5=O. The largest absolute Gasteiger partial charge is 0.457 e. The molecule has 18 nitrogen and oxygen atoms in total. The predicted octanol–water partition coefficient (Wildman–Crippen LogP) is 14.2. The van der Waals surface area contributed by atoms with Gasteiger partial charge >= 0.3 is 0 Å². The molecule has 0 bridgehead atoms.